The number of aldehydes is 1. The molecule has 142 valence electrons. The summed E-state index contributed by atoms with van der Waals surface area (Å²) in [4.78, 5) is 20.5. The second-order valence-corrected chi connectivity index (χ2v) is 8.69. The number of aliphatic hydroxyl groups excluding tert-OH is 3. The van der Waals surface area contributed by atoms with Gasteiger partial charge in [0.05, 0.1) is 12.2 Å². The van der Waals surface area contributed by atoms with Crippen molar-refractivity contribution < 1.29 is 41.9 Å². The number of hydrogen-bond acceptors (Lipinski definition) is 8. The zero-order valence-electron chi connectivity index (χ0n) is 13.6. The van der Waals surface area contributed by atoms with Gasteiger partial charge in [0.1, 0.15) is 12.4 Å². The standard InChI is InChI=1S/C8H10AsNO5.C6H12O4/c1-6(11)10-8-4-2-3-7(5-8)9(12,13)15-14;1-4(8)6(10)2-5(9)3-7/h2-5,14H,1H3,(H,10,11)(H,12,13);3-6,8-10H,2H2,1H3. The van der Waals surface area contributed by atoms with Gasteiger partial charge in [-0.2, -0.15) is 0 Å². The molecule has 1 aromatic carbocycles. The zero-order chi connectivity index (χ0) is 19.6. The third-order valence-corrected chi connectivity index (χ3v) is 5.22. The van der Waals surface area contributed by atoms with Crippen molar-refractivity contribution in [3.05, 3.63) is 24.3 Å². The Morgan fingerprint density at radius 2 is 1.96 bits per heavy atom. The van der Waals surface area contributed by atoms with E-state index in [0.717, 1.165) is 0 Å². The van der Waals surface area contributed by atoms with Crippen molar-refractivity contribution in [2.24, 2.45) is 0 Å². The Labute approximate surface area is 147 Å². The second-order valence-electron chi connectivity index (χ2n) is 5.08. The summed E-state index contributed by atoms with van der Waals surface area (Å²) in [7, 11) is 0. The van der Waals surface area contributed by atoms with Gasteiger partial charge in [0.2, 0.25) is 0 Å². The van der Waals surface area contributed by atoms with E-state index >= 15 is 0 Å². The minimum absolute atomic E-state index is 0.0399. The number of carbonyl (C=O) groups is 2. The fourth-order valence-corrected chi connectivity index (χ4v) is 2.92. The van der Waals surface area contributed by atoms with Crippen LogP contribution in [0.4, 0.5) is 5.69 Å². The van der Waals surface area contributed by atoms with E-state index in [1.165, 1.54) is 32.0 Å². The largest absolute Gasteiger partial charge is 0.391 e. The Bertz CT molecular complexity index is 608. The molecule has 1 rings (SSSR count). The molecule has 11 heteroatoms. The van der Waals surface area contributed by atoms with Crippen LogP contribution in [0.15, 0.2) is 24.3 Å². The van der Waals surface area contributed by atoms with E-state index in [4.69, 9.17) is 20.6 Å². The summed E-state index contributed by atoms with van der Waals surface area (Å²) in [6.45, 7) is 2.71. The SMILES string of the molecule is CC(=O)Nc1cccc([As](=O)(O)OO)c1.CC(O)C(O)CC(O)C=O. The first-order valence-corrected chi connectivity index (χ1v) is 10.4. The number of carbonyl (C=O) groups excluding carboxylic acids is 2. The van der Waals surface area contributed by atoms with Crippen LogP contribution in [0.2, 0.25) is 0 Å². The maximum Gasteiger partial charge on any atom is 0.148 e. The molecule has 0 bridgehead atoms. The Balaban J connectivity index is 0.000000504. The Morgan fingerprint density at radius 3 is 2.40 bits per heavy atom. The quantitative estimate of drug-likeness (QED) is 0.130. The van der Waals surface area contributed by atoms with Crippen LogP contribution in [0.5, 0.6) is 0 Å². The number of aliphatic hydroxyl groups is 3. The normalized spacial score (nSPS) is 16.4. The van der Waals surface area contributed by atoms with Gasteiger partial charge in [-0.3, -0.25) is 0 Å². The van der Waals surface area contributed by atoms with E-state index in [9.17, 15) is 17.4 Å². The van der Waals surface area contributed by atoms with Gasteiger partial charge < -0.3 is 20.1 Å². The molecule has 0 heterocycles. The maximum absolute atomic E-state index is 11.3. The van der Waals surface area contributed by atoms with Crippen molar-refractivity contribution in [3.8, 4) is 0 Å². The first-order valence-electron chi connectivity index (χ1n) is 7.07. The summed E-state index contributed by atoms with van der Waals surface area (Å²) in [5.74, 6) is -0.294. The van der Waals surface area contributed by atoms with Crippen LogP contribution in [-0.2, 0) is 17.2 Å². The molecule has 0 spiro atoms. The molecule has 4 atom stereocenters. The molecule has 6 N–H and O–H groups in total. The van der Waals surface area contributed by atoms with Crippen molar-refractivity contribution in [1.82, 2.24) is 0 Å². The number of nitrogens with one attached hydrogen (secondary N) is 1. The molecule has 1 aromatic rings. The first kappa shape index (κ1) is 23.5. The van der Waals surface area contributed by atoms with E-state index in [1.54, 1.807) is 6.07 Å². The predicted molar refractivity (Wildman–Crippen MR) is 87.1 cm³/mol. The van der Waals surface area contributed by atoms with Crippen LogP contribution in [0, 0.1) is 0 Å². The zero-order valence-corrected chi connectivity index (χ0v) is 15.5. The molecule has 1 amide bonds. The summed E-state index contributed by atoms with van der Waals surface area (Å²) in [6, 6.07) is 5.64. The summed E-state index contributed by atoms with van der Waals surface area (Å²) < 4.78 is 23.9. The van der Waals surface area contributed by atoms with Crippen molar-refractivity contribution >= 4 is 36.4 Å². The van der Waals surface area contributed by atoms with Gasteiger partial charge in [-0.1, -0.05) is 0 Å². The molecule has 4 unspecified atom stereocenters. The molecule has 0 aromatic heterocycles. The molecule has 0 saturated heterocycles. The van der Waals surface area contributed by atoms with Crippen LogP contribution in [-0.4, -0.2) is 69.4 Å². The van der Waals surface area contributed by atoms with E-state index in [0.29, 0.717) is 12.0 Å². The van der Waals surface area contributed by atoms with Crippen molar-refractivity contribution in [1.29, 1.82) is 0 Å². The number of rotatable bonds is 7. The van der Waals surface area contributed by atoms with Gasteiger partial charge in [0.25, 0.3) is 0 Å². The number of hydrogen-bond donors (Lipinski definition) is 6. The number of benzene rings is 1. The summed E-state index contributed by atoms with van der Waals surface area (Å²) in [5, 5.41) is 36.9. The third-order valence-electron chi connectivity index (χ3n) is 2.80. The second kappa shape index (κ2) is 11.2. The molecular formula is C14H22AsNO9. The molecular weight excluding hydrogens is 401 g/mol. The summed E-state index contributed by atoms with van der Waals surface area (Å²) in [6.07, 6.45) is -2.90. The third kappa shape index (κ3) is 9.51. The van der Waals surface area contributed by atoms with E-state index in [1.807, 2.05) is 0 Å². The smallest absolute Gasteiger partial charge is 0.148 e. The van der Waals surface area contributed by atoms with Gasteiger partial charge in [-0.05, 0) is 6.92 Å². The molecule has 0 fully saturated rings. The fourth-order valence-electron chi connectivity index (χ4n) is 1.51. The van der Waals surface area contributed by atoms with Crippen molar-refractivity contribution in [2.75, 3.05) is 5.32 Å². The molecule has 0 aliphatic rings. The average Bonchev–Trinajstić information content (AvgIpc) is 2.54. The minimum Gasteiger partial charge on any atom is -0.391 e. The van der Waals surface area contributed by atoms with Crippen molar-refractivity contribution in [2.45, 2.75) is 38.6 Å². The van der Waals surface area contributed by atoms with E-state index < -0.39 is 32.5 Å². The molecule has 0 aliphatic carbocycles. The fraction of sp³-hybridized carbons (Fsp3) is 0.429. The van der Waals surface area contributed by atoms with Gasteiger partial charge in [-0.15, -0.1) is 0 Å². The van der Waals surface area contributed by atoms with Crippen LogP contribution in [0.25, 0.3) is 0 Å². The Morgan fingerprint density at radius 1 is 1.36 bits per heavy atom. The van der Waals surface area contributed by atoms with Crippen molar-refractivity contribution in [3.63, 3.8) is 0 Å². The number of amides is 1. The van der Waals surface area contributed by atoms with Crippen LogP contribution < -0.4 is 9.67 Å². The van der Waals surface area contributed by atoms with Gasteiger partial charge in [0.15, 0.2) is 0 Å². The van der Waals surface area contributed by atoms with Crippen LogP contribution in [0.1, 0.15) is 20.3 Å². The summed E-state index contributed by atoms with van der Waals surface area (Å²) >= 11 is -4.83. The monoisotopic (exact) mass is 423 g/mol. The van der Waals surface area contributed by atoms with Crippen LogP contribution >= 0.6 is 0 Å². The van der Waals surface area contributed by atoms with Gasteiger partial charge in [0, 0.05) is 6.42 Å². The topological polar surface area (TPSA) is 174 Å². The first-order chi connectivity index (χ1) is 11.5. The molecule has 0 radical (unpaired) electrons. The summed E-state index contributed by atoms with van der Waals surface area (Å²) in [5.41, 5.74) is 0.368. The Hall–Kier alpha value is -1.52. The van der Waals surface area contributed by atoms with Gasteiger partial charge >= 0.3 is 88.4 Å². The minimum atomic E-state index is -4.83. The van der Waals surface area contributed by atoms with E-state index in [-0.39, 0.29) is 16.7 Å². The molecule has 0 aliphatic heterocycles. The number of anilines is 1. The van der Waals surface area contributed by atoms with Crippen LogP contribution in [0.3, 0.4) is 0 Å². The molecule has 25 heavy (non-hydrogen) atoms. The average molecular weight is 423 g/mol. The predicted octanol–water partition coefficient (Wildman–Crippen LogP) is -1.62. The van der Waals surface area contributed by atoms with E-state index in [2.05, 4.69) is 9.19 Å². The Kier molecular flexibility index (Phi) is 10.5. The molecule has 0 saturated carbocycles. The van der Waals surface area contributed by atoms with Gasteiger partial charge in [-0.25, -0.2) is 0 Å². The maximum atomic E-state index is 11.3. The molecule has 10 nitrogen and oxygen atoms in total.